The number of methoxy groups -OCH3 is 2. The van der Waals surface area contributed by atoms with E-state index in [1.807, 2.05) is 0 Å². The average Bonchev–Trinajstić information content (AvgIpc) is 2.85. The summed E-state index contributed by atoms with van der Waals surface area (Å²) in [5.74, 6) is 1.07. The highest BCUT2D eigenvalue weighted by Crippen LogP contribution is 2.29. The van der Waals surface area contributed by atoms with Crippen LogP contribution in [-0.2, 0) is 14.3 Å². The average molecular weight is 490 g/mol. The molecule has 0 unspecified atom stereocenters. The number of fused-ring (bicyclic) bond motifs is 1. The summed E-state index contributed by atoms with van der Waals surface area (Å²) in [6, 6.07) is 5.35. The molecule has 2 aliphatic rings. The quantitative estimate of drug-likeness (QED) is 0.657. The second-order valence-corrected chi connectivity index (χ2v) is 10.2. The number of rotatable bonds is 6. The molecule has 1 aromatic carbocycles. The molecule has 1 aromatic rings. The number of benzene rings is 1. The molecule has 1 aliphatic heterocycles. The Kier molecular flexibility index (Phi) is 10.4. The molecule has 3 atom stereocenters. The van der Waals surface area contributed by atoms with Gasteiger partial charge in [-0.05, 0) is 43.7 Å². The molecule has 1 saturated carbocycles. The minimum absolute atomic E-state index is 0.0383. The second kappa shape index (κ2) is 13.2. The van der Waals surface area contributed by atoms with E-state index in [4.69, 9.17) is 14.2 Å². The lowest BCUT2D eigenvalue weighted by atomic mass is 9.88. The van der Waals surface area contributed by atoms with Crippen molar-refractivity contribution in [1.29, 1.82) is 0 Å². The number of nitrogens with zero attached hydrogens (tertiary/aromatic N) is 2. The zero-order valence-corrected chi connectivity index (χ0v) is 22.0. The number of likely N-dealkylation sites (N-methyl/N-ethyl adjacent to an activating group) is 1. The maximum absolute atomic E-state index is 13.3. The first kappa shape index (κ1) is 27.4. The van der Waals surface area contributed by atoms with Gasteiger partial charge in [0, 0.05) is 58.7 Å². The summed E-state index contributed by atoms with van der Waals surface area (Å²) in [6.07, 6.45) is 6.49. The summed E-state index contributed by atoms with van der Waals surface area (Å²) in [5, 5.41) is 2.80. The van der Waals surface area contributed by atoms with Crippen LogP contribution in [0, 0.1) is 11.8 Å². The molecule has 1 N–H and O–H groups in total. The molecule has 35 heavy (non-hydrogen) atoms. The third-order valence-electron chi connectivity index (χ3n) is 7.35. The molecule has 0 saturated heterocycles. The highest BCUT2D eigenvalue weighted by molar-refractivity contribution is 5.98. The van der Waals surface area contributed by atoms with Crippen LogP contribution < -0.4 is 10.1 Å². The van der Waals surface area contributed by atoms with Crippen LogP contribution in [0.1, 0.15) is 56.3 Å². The Morgan fingerprint density at radius 1 is 1.14 bits per heavy atom. The topological polar surface area (TPSA) is 80.3 Å². The predicted octanol–water partition coefficient (Wildman–Crippen LogP) is 3.66. The fourth-order valence-electron chi connectivity index (χ4n) is 5.21. The van der Waals surface area contributed by atoms with Crippen LogP contribution in [0.25, 0.3) is 0 Å². The summed E-state index contributed by atoms with van der Waals surface area (Å²) in [7, 11) is 5.00. The molecule has 0 aromatic heterocycles. The largest absolute Gasteiger partial charge is 0.491 e. The fourth-order valence-corrected chi connectivity index (χ4v) is 5.21. The highest BCUT2D eigenvalue weighted by atomic mass is 16.5. The second-order valence-electron chi connectivity index (χ2n) is 10.2. The summed E-state index contributed by atoms with van der Waals surface area (Å²) >= 11 is 0. The summed E-state index contributed by atoms with van der Waals surface area (Å²) in [5.41, 5.74) is 1.05. The number of carbonyl (C=O) groups excluding carboxylic acids is 2. The monoisotopic (exact) mass is 489 g/mol. The van der Waals surface area contributed by atoms with Gasteiger partial charge in [0.25, 0.3) is 5.91 Å². The van der Waals surface area contributed by atoms with E-state index < -0.39 is 0 Å². The zero-order chi connectivity index (χ0) is 25.4. The van der Waals surface area contributed by atoms with Gasteiger partial charge in [-0.25, -0.2) is 0 Å². The Morgan fingerprint density at radius 3 is 2.57 bits per heavy atom. The number of hydrogen-bond donors (Lipinski definition) is 1. The van der Waals surface area contributed by atoms with E-state index in [0.29, 0.717) is 36.1 Å². The SMILES string of the molecule is COCC(=O)Nc1ccc2c(c1)OC[C@H](C)N(CC1CCCCC1)C[C@H](C)[C@H](OC)CN(C)C2=O. The third kappa shape index (κ3) is 7.66. The van der Waals surface area contributed by atoms with E-state index in [9.17, 15) is 9.59 Å². The standard InChI is InChI=1S/C27H43N3O5/c1-19-14-30(15-21-9-7-6-8-10-21)20(2)17-35-24-13-22(28-26(31)18-33-4)11-12-23(24)27(32)29(3)16-25(19)34-5/h11-13,19-21,25H,6-10,14-18H2,1-5H3,(H,28,31)/t19-,20-,25+/m0/s1. The van der Waals surface area contributed by atoms with Gasteiger partial charge in [0.15, 0.2) is 0 Å². The summed E-state index contributed by atoms with van der Waals surface area (Å²) < 4.78 is 17.0. The maximum atomic E-state index is 13.3. The first-order valence-electron chi connectivity index (χ1n) is 12.9. The van der Waals surface area contributed by atoms with E-state index in [2.05, 4.69) is 24.1 Å². The molecule has 1 fully saturated rings. The van der Waals surface area contributed by atoms with Crippen molar-refractivity contribution >= 4 is 17.5 Å². The Morgan fingerprint density at radius 2 is 1.89 bits per heavy atom. The lowest BCUT2D eigenvalue weighted by Gasteiger charge is -2.38. The van der Waals surface area contributed by atoms with Crippen LogP contribution >= 0.6 is 0 Å². The van der Waals surface area contributed by atoms with Gasteiger partial charge in [-0.15, -0.1) is 0 Å². The molecule has 0 bridgehead atoms. The van der Waals surface area contributed by atoms with Crippen molar-refractivity contribution in [3.63, 3.8) is 0 Å². The Labute approximate surface area is 210 Å². The van der Waals surface area contributed by atoms with Gasteiger partial charge >= 0.3 is 0 Å². The third-order valence-corrected chi connectivity index (χ3v) is 7.35. The van der Waals surface area contributed by atoms with E-state index in [-0.39, 0.29) is 36.5 Å². The minimum Gasteiger partial charge on any atom is -0.491 e. The predicted molar refractivity (Wildman–Crippen MR) is 137 cm³/mol. The Bertz CT molecular complexity index is 842. The molecule has 3 rings (SSSR count). The van der Waals surface area contributed by atoms with E-state index in [1.165, 1.54) is 39.2 Å². The first-order valence-corrected chi connectivity index (χ1v) is 12.9. The number of carbonyl (C=O) groups is 2. The molecule has 8 heteroatoms. The number of ether oxygens (including phenoxy) is 3. The van der Waals surface area contributed by atoms with Gasteiger partial charge in [-0.3, -0.25) is 14.5 Å². The van der Waals surface area contributed by atoms with Gasteiger partial charge < -0.3 is 24.4 Å². The van der Waals surface area contributed by atoms with Crippen LogP contribution in [0.15, 0.2) is 18.2 Å². The van der Waals surface area contributed by atoms with Gasteiger partial charge in [0.2, 0.25) is 5.91 Å². The minimum atomic E-state index is -0.256. The van der Waals surface area contributed by atoms with Crippen molar-refractivity contribution in [3.05, 3.63) is 23.8 Å². The van der Waals surface area contributed by atoms with E-state index in [0.717, 1.165) is 13.1 Å². The van der Waals surface area contributed by atoms with Crippen LogP contribution in [0.2, 0.25) is 0 Å². The van der Waals surface area contributed by atoms with E-state index in [1.54, 1.807) is 37.3 Å². The van der Waals surface area contributed by atoms with Crippen LogP contribution in [0.5, 0.6) is 5.75 Å². The van der Waals surface area contributed by atoms with Crippen molar-refractivity contribution < 1.29 is 23.8 Å². The van der Waals surface area contributed by atoms with Crippen LogP contribution in [0.4, 0.5) is 5.69 Å². The molecular weight excluding hydrogens is 446 g/mol. The maximum Gasteiger partial charge on any atom is 0.257 e. The van der Waals surface area contributed by atoms with Crippen molar-refractivity contribution in [1.82, 2.24) is 9.80 Å². The van der Waals surface area contributed by atoms with Crippen LogP contribution in [0.3, 0.4) is 0 Å². The Hall–Kier alpha value is -2.16. The van der Waals surface area contributed by atoms with Gasteiger partial charge in [-0.2, -0.15) is 0 Å². The summed E-state index contributed by atoms with van der Waals surface area (Å²) in [6.45, 7) is 7.26. The van der Waals surface area contributed by atoms with Crippen LogP contribution in [-0.4, -0.2) is 87.9 Å². The van der Waals surface area contributed by atoms with E-state index >= 15 is 0 Å². The van der Waals surface area contributed by atoms with Gasteiger partial charge in [-0.1, -0.05) is 26.2 Å². The molecule has 8 nitrogen and oxygen atoms in total. The molecule has 196 valence electrons. The fraction of sp³-hybridized carbons (Fsp3) is 0.704. The normalized spacial score (nSPS) is 25.2. The number of hydrogen-bond acceptors (Lipinski definition) is 6. The van der Waals surface area contributed by atoms with Crippen molar-refractivity contribution in [2.24, 2.45) is 11.8 Å². The molecule has 0 radical (unpaired) electrons. The number of nitrogens with one attached hydrogen (secondary N) is 1. The smallest absolute Gasteiger partial charge is 0.257 e. The van der Waals surface area contributed by atoms with Crippen molar-refractivity contribution in [2.45, 2.75) is 58.1 Å². The molecule has 1 aliphatic carbocycles. The summed E-state index contributed by atoms with van der Waals surface area (Å²) in [4.78, 5) is 29.6. The molecule has 0 spiro atoms. The van der Waals surface area contributed by atoms with Gasteiger partial charge in [0.1, 0.15) is 19.0 Å². The lowest BCUT2D eigenvalue weighted by molar-refractivity contribution is -0.119. The highest BCUT2D eigenvalue weighted by Gasteiger charge is 2.29. The first-order chi connectivity index (χ1) is 16.8. The number of anilines is 1. The lowest BCUT2D eigenvalue weighted by Crippen LogP contribution is -2.48. The van der Waals surface area contributed by atoms with Crippen molar-refractivity contribution in [2.75, 3.05) is 59.4 Å². The Balaban J connectivity index is 1.88. The number of amides is 2. The molecular formula is C27H43N3O5. The van der Waals surface area contributed by atoms with Gasteiger partial charge in [0.05, 0.1) is 11.7 Å². The molecule has 2 amide bonds. The zero-order valence-electron chi connectivity index (χ0n) is 22.0. The van der Waals surface area contributed by atoms with Crippen molar-refractivity contribution in [3.8, 4) is 5.75 Å². The molecule has 1 heterocycles.